The van der Waals surface area contributed by atoms with Gasteiger partial charge in [0.25, 0.3) is 0 Å². The van der Waals surface area contributed by atoms with Crippen molar-refractivity contribution in [3.05, 3.63) is 80.8 Å². The number of halogens is 8. The number of alkyl halides is 6. The third-order valence-corrected chi connectivity index (χ3v) is 5.13. The van der Waals surface area contributed by atoms with Gasteiger partial charge in [-0.1, -0.05) is 126 Å². The molecule has 0 aliphatic carbocycles. The van der Waals surface area contributed by atoms with E-state index < -0.39 is 13.4 Å². The fourth-order valence-corrected chi connectivity index (χ4v) is 3.47. The molecule has 2 aromatic rings. The standard InChI is InChI=1S/C19H10Br2Cl6O/c20-13-5-1-11(2-6-13)15(9-18(22,23)24)17(28)16(10-19(25,26)27)12-3-7-14(21)8-4-12/h1-10H/b15-9+,16-10+. The molecule has 28 heavy (non-hydrogen) atoms. The monoisotopic (exact) mass is 622 g/mol. The summed E-state index contributed by atoms with van der Waals surface area (Å²) in [5, 5.41) is 0. The first kappa shape index (κ1) is 24.6. The van der Waals surface area contributed by atoms with Gasteiger partial charge in [-0.25, -0.2) is 0 Å². The highest BCUT2D eigenvalue weighted by Gasteiger charge is 2.27. The molecule has 2 rings (SSSR count). The van der Waals surface area contributed by atoms with E-state index in [2.05, 4.69) is 31.9 Å². The summed E-state index contributed by atoms with van der Waals surface area (Å²) in [5.74, 6) is -0.456. The number of carbonyl (C=O) groups is 1. The highest BCUT2D eigenvalue weighted by Crippen LogP contribution is 2.37. The summed E-state index contributed by atoms with van der Waals surface area (Å²) < 4.78 is -1.94. The lowest BCUT2D eigenvalue weighted by molar-refractivity contribution is -0.108. The molecule has 0 N–H and O–H groups in total. The van der Waals surface area contributed by atoms with Gasteiger partial charge in [0.1, 0.15) is 0 Å². The van der Waals surface area contributed by atoms with Crippen LogP contribution in [0.2, 0.25) is 0 Å². The van der Waals surface area contributed by atoms with Crippen LogP contribution in [0.25, 0.3) is 11.1 Å². The Labute approximate surface area is 209 Å². The number of carbonyl (C=O) groups excluding carboxylic acids is 1. The van der Waals surface area contributed by atoms with Gasteiger partial charge in [-0.2, -0.15) is 0 Å². The minimum Gasteiger partial charge on any atom is -0.289 e. The van der Waals surface area contributed by atoms with Crippen LogP contribution in [0.4, 0.5) is 0 Å². The summed E-state index contributed by atoms with van der Waals surface area (Å²) in [7, 11) is 0. The molecule has 0 fully saturated rings. The molecule has 9 heteroatoms. The number of allylic oxidation sites excluding steroid dienone is 4. The summed E-state index contributed by atoms with van der Waals surface area (Å²) in [6.07, 6.45) is 2.49. The second-order valence-corrected chi connectivity index (χ2v) is 12.1. The topological polar surface area (TPSA) is 17.1 Å². The van der Waals surface area contributed by atoms with Crippen molar-refractivity contribution in [3.63, 3.8) is 0 Å². The van der Waals surface area contributed by atoms with Gasteiger partial charge in [0, 0.05) is 20.1 Å². The fraction of sp³-hybridized carbons (Fsp3) is 0.105. The normalized spacial score (nSPS) is 13.6. The molecule has 0 spiro atoms. The van der Waals surface area contributed by atoms with Crippen LogP contribution in [-0.4, -0.2) is 13.4 Å². The van der Waals surface area contributed by atoms with Crippen LogP contribution in [0.5, 0.6) is 0 Å². The summed E-state index contributed by atoms with van der Waals surface area (Å²) in [4.78, 5) is 13.5. The van der Waals surface area contributed by atoms with Gasteiger partial charge in [0.05, 0.1) is 0 Å². The van der Waals surface area contributed by atoms with E-state index in [1.165, 1.54) is 12.2 Å². The summed E-state index contributed by atoms with van der Waals surface area (Å²) in [5.41, 5.74) is 1.42. The molecule has 0 aromatic heterocycles. The molecule has 0 atom stereocenters. The minimum atomic E-state index is -1.80. The van der Waals surface area contributed by atoms with Crippen LogP contribution in [-0.2, 0) is 4.79 Å². The van der Waals surface area contributed by atoms with Crippen molar-refractivity contribution in [2.75, 3.05) is 0 Å². The number of hydrogen-bond donors (Lipinski definition) is 0. The van der Waals surface area contributed by atoms with Crippen LogP contribution < -0.4 is 0 Å². The van der Waals surface area contributed by atoms with E-state index in [0.29, 0.717) is 11.1 Å². The molecule has 0 bridgehead atoms. The molecule has 0 radical (unpaired) electrons. The maximum Gasteiger partial charge on any atom is 0.210 e. The Kier molecular flexibility index (Phi) is 8.83. The summed E-state index contributed by atoms with van der Waals surface area (Å²) in [6.45, 7) is 0. The number of rotatable bonds is 4. The fourth-order valence-electron chi connectivity index (χ4n) is 2.29. The Balaban J connectivity index is 2.66. The number of ketones is 1. The van der Waals surface area contributed by atoms with E-state index in [-0.39, 0.29) is 11.1 Å². The molecule has 0 amide bonds. The smallest absolute Gasteiger partial charge is 0.210 e. The molecule has 0 heterocycles. The van der Waals surface area contributed by atoms with Gasteiger partial charge in [0.2, 0.25) is 7.59 Å². The second-order valence-electron chi connectivity index (χ2n) is 5.54. The van der Waals surface area contributed by atoms with Crippen molar-refractivity contribution in [1.29, 1.82) is 0 Å². The maximum absolute atomic E-state index is 13.5. The summed E-state index contributed by atoms with van der Waals surface area (Å²) >= 11 is 42.4. The first-order valence-corrected chi connectivity index (χ1v) is 11.4. The molecule has 0 aliphatic rings. The van der Waals surface area contributed by atoms with Crippen molar-refractivity contribution in [2.24, 2.45) is 0 Å². The maximum atomic E-state index is 13.5. The van der Waals surface area contributed by atoms with Crippen molar-refractivity contribution >= 4 is 118 Å². The predicted octanol–water partition coefficient (Wildman–Crippen LogP) is 8.99. The number of benzene rings is 2. The van der Waals surface area contributed by atoms with Gasteiger partial charge in [-0.05, 0) is 47.5 Å². The van der Waals surface area contributed by atoms with Crippen molar-refractivity contribution in [1.82, 2.24) is 0 Å². The van der Waals surface area contributed by atoms with Crippen molar-refractivity contribution in [3.8, 4) is 0 Å². The second kappa shape index (κ2) is 10.1. The molecule has 148 valence electrons. The molecular formula is C19H10Br2Cl6O. The molecular weight excluding hydrogens is 617 g/mol. The average Bonchev–Trinajstić information content (AvgIpc) is 2.57. The van der Waals surface area contributed by atoms with E-state index in [1.807, 2.05) is 0 Å². The van der Waals surface area contributed by atoms with Gasteiger partial charge in [-0.3, -0.25) is 4.79 Å². The lowest BCUT2D eigenvalue weighted by atomic mass is 9.92. The zero-order valence-electron chi connectivity index (χ0n) is 13.7. The van der Waals surface area contributed by atoms with E-state index in [4.69, 9.17) is 69.6 Å². The molecule has 0 aliphatic heterocycles. The SMILES string of the molecule is O=C(/C(=C/C(Cl)(Cl)Cl)c1ccc(Br)cc1)/C(=C/C(Cl)(Cl)Cl)c1ccc(Br)cc1. The average molecular weight is 627 g/mol. The number of hydrogen-bond acceptors (Lipinski definition) is 1. The third kappa shape index (κ3) is 7.85. The van der Waals surface area contributed by atoms with Crippen molar-refractivity contribution < 1.29 is 4.79 Å². The van der Waals surface area contributed by atoms with Gasteiger partial charge >= 0.3 is 0 Å². The number of Topliss-reactive ketones (excluding diaryl/α,β-unsaturated/α-hetero) is 1. The molecule has 0 saturated heterocycles. The van der Waals surface area contributed by atoms with Crippen molar-refractivity contribution in [2.45, 2.75) is 7.59 Å². The van der Waals surface area contributed by atoms with Crippen LogP contribution >= 0.6 is 101 Å². The van der Waals surface area contributed by atoms with Crippen LogP contribution in [0, 0.1) is 0 Å². The zero-order valence-corrected chi connectivity index (χ0v) is 21.4. The predicted molar refractivity (Wildman–Crippen MR) is 130 cm³/mol. The Morgan fingerprint density at radius 3 is 1.18 bits per heavy atom. The van der Waals surface area contributed by atoms with Gasteiger partial charge in [0.15, 0.2) is 5.78 Å². The van der Waals surface area contributed by atoms with E-state index >= 15 is 0 Å². The summed E-state index contributed by atoms with van der Waals surface area (Å²) in [6, 6.07) is 14.0. The Morgan fingerprint density at radius 1 is 0.643 bits per heavy atom. The molecule has 0 saturated carbocycles. The highest BCUT2D eigenvalue weighted by atomic mass is 79.9. The van der Waals surface area contributed by atoms with Crippen LogP contribution in [0.15, 0.2) is 69.6 Å². The Morgan fingerprint density at radius 2 is 0.929 bits per heavy atom. The third-order valence-electron chi connectivity index (χ3n) is 3.42. The first-order chi connectivity index (χ1) is 12.9. The first-order valence-electron chi connectivity index (χ1n) is 7.51. The lowest BCUT2D eigenvalue weighted by Gasteiger charge is -2.16. The van der Waals surface area contributed by atoms with E-state index in [1.54, 1.807) is 48.5 Å². The molecule has 0 unspecified atom stereocenters. The molecule has 2 aromatic carbocycles. The van der Waals surface area contributed by atoms with Crippen LogP contribution in [0.1, 0.15) is 11.1 Å². The van der Waals surface area contributed by atoms with Gasteiger partial charge in [-0.15, -0.1) is 0 Å². The Bertz CT molecular complexity index is 832. The zero-order chi connectivity index (χ0) is 21.1. The largest absolute Gasteiger partial charge is 0.289 e. The van der Waals surface area contributed by atoms with Gasteiger partial charge < -0.3 is 0 Å². The Hall–Kier alpha value is 0.290. The quantitative estimate of drug-likeness (QED) is 0.245. The van der Waals surface area contributed by atoms with Crippen LogP contribution in [0.3, 0.4) is 0 Å². The molecule has 1 nitrogen and oxygen atoms in total. The highest BCUT2D eigenvalue weighted by molar-refractivity contribution is 9.10. The minimum absolute atomic E-state index is 0.163. The lowest BCUT2D eigenvalue weighted by Crippen LogP contribution is -2.11. The van der Waals surface area contributed by atoms with E-state index in [9.17, 15) is 4.79 Å². The van der Waals surface area contributed by atoms with E-state index in [0.717, 1.165) is 8.95 Å².